The molecule has 0 saturated heterocycles. The van der Waals surface area contributed by atoms with Crippen molar-refractivity contribution in [2.24, 2.45) is 0 Å². The number of nitrogens with two attached hydrogens (primary N) is 1. The predicted molar refractivity (Wildman–Crippen MR) is 73.4 cm³/mol. The zero-order valence-electron chi connectivity index (χ0n) is 11.0. The summed E-state index contributed by atoms with van der Waals surface area (Å²) in [5, 5.41) is 13.4. The molecule has 0 spiro atoms. The van der Waals surface area contributed by atoms with Crippen molar-refractivity contribution < 1.29 is 14.4 Å². The Kier molecular flexibility index (Phi) is 3.11. The standard InChI is InChI=1S/C13H11N5O3/c1-20-11-5-9(15-6-16-11)12-17-13(21-18-12)7-2-3-8(14)10(19)4-7/h2-6,19H,14H2,1H3. The minimum Gasteiger partial charge on any atom is -0.506 e. The lowest BCUT2D eigenvalue weighted by Gasteiger charge is -1.99. The fourth-order valence-electron chi connectivity index (χ4n) is 1.69. The van der Waals surface area contributed by atoms with E-state index >= 15 is 0 Å². The molecule has 21 heavy (non-hydrogen) atoms. The van der Waals surface area contributed by atoms with Gasteiger partial charge in [-0.05, 0) is 18.2 Å². The Bertz CT molecular complexity index is 787. The number of phenols is 1. The van der Waals surface area contributed by atoms with E-state index in [0.29, 0.717) is 23.0 Å². The van der Waals surface area contributed by atoms with Crippen molar-refractivity contribution in [3.05, 3.63) is 30.6 Å². The fourth-order valence-corrected chi connectivity index (χ4v) is 1.69. The molecule has 0 atom stereocenters. The number of benzene rings is 1. The van der Waals surface area contributed by atoms with Crippen LogP contribution in [0.4, 0.5) is 5.69 Å². The monoisotopic (exact) mass is 285 g/mol. The van der Waals surface area contributed by atoms with Gasteiger partial charge in [0.25, 0.3) is 5.89 Å². The van der Waals surface area contributed by atoms with Gasteiger partial charge in [0, 0.05) is 11.6 Å². The number of anilines is 1. The van der Waals surface area contributed by atoms with Gasteiger partial charge in [-0.15, -0.1) is 0 Å². The number of ether oxygens (including phenoxy) is 1. The number of nitrogen functional groups attached to an aromatic ring is 1. The highest BCUT2D eigenvalue weighted by atomic mass is 16.5. The summed E-state index contributed by atoms with van der Waals surface area (Å²) in [5.74, 6) is 0.896. The van der Waals surface area contributed by atoms with Crippen LogP contribution in [-0.2, 0) is 0 Å². The van der Waals surface area contributed by atoms with Gasteiger partial charge in [0.15, 0.2) is 0 Å². The van der Waals surface area contributed by atoms with Crippen molar-refractivity contribution in [2.45, 2.75) is 0 Å². The largest absolute Gasteiger partial charge is 0.506 e. The molecular weight excluding hydrogens is 274 g/mol. The maximum absolute atomic E-state index is 9.60. The summed E-state index contributed by atoms with van der Waals surface area (Å²) >= 11 is 0. The first-order chi connectivity index (χ1) is 10.2. The molecule has 8 nitrogen and oxygen atoms in total. The molecule has 0 aliphatic carbocycles. The Labute approximate surface area is 119 Å². The molecule has 0 bridgehead atoms. The van der Waals surface area contributed by atoms with Crippen molar-refractivity contribution >= 4 is 5.69 Å². The SMILES string of the molecule is COc1cc(-c2noc(-c3ccc(N)c(O)c3)n2)ncn1. The van der Waals surface area contributed by atoms with Gasteiger partial charge in [-0.1, -0.05) is 5.16 Å². The quantitative estimate of drug-likeness (QED) is 0.548. The Morgan fingerprint density at radius 1 is 1.24 bits per heavy atom. The second kappa shape index (κ2) is 5.08. The van der Waals surface area contributed by atoms with Crippen LogP contribution in [0.2, 0.25) is 0 Å². The number of aromatic hydroxyl groups is 1. The molecular formula is C13H11N5O3. The average Bonchev–Trinajstić information content (AvgIpc) is 3.00. The second-order valence-electron chi connectivity index (χ2n) is 4.14. The van der Waals surface area contributed by atoms with Crippen molar-refractivity contribution in [3.8, 4) is 34.6 Å². The summed E-state index contributed by atoms with van der Waals surface area (Å²) in [5.41, 5.74) is 6.85. The number of aromatic nitrogens is 4. The summed E-state index contributed by atoms with van der Waals surface area (Å²) < 4.78 is 10.2. The highest BCUT2D eigenvalue weighted by Crippen LogP contribution is 2.28. The number of methoxy groups -OCH3 is 1. The first-order valence-corrected chi connectivity index (χ1v) is 5.96. The maximum atomic E-state index is 9.60. The van der Waals surface area contributed by atoms with Gasteiger partial charge in [-0.25, -0.2) is 9.97 Å². The zero-order valence-corrected chi connectivity index (χ0v) is 11.0. The summed E-state index contributed by atoms with van der Waals surface area (Å²) in [4.78, 5) is 12.2. The lowest BCUT2D eigenvalue weighted by molar-refractivity contribution is 0.397. The van der Waals surface area contributed by atoms with E-state index in [1.807, 2.05) is 0 Å². The number of rotatable bonds is 3. The smallest absolute Gasteiger partial charge is 0.258 e. The topological polar surface area (TPSA) is 120 Å². The average molecular weight is 285 g/mol. The highest BCUT2D eigenvalue weighted by Gasteiger charge is 2.13. The van der Waals surface area contributed by atoms with Crippen LogP contribution in [0.15, 0.2) is 35.1 Å². The molecule has 0 unspecified atom stereocenters. The van der Waals surface area contributed by atoms with Gasteiger partial charge in [0.2, 0.25) is 11.7 Å². The van der Waals surface area contributed by atoms with Crippen LogP contribution in [0.5, 0.6) is 11.6 Å². The van der Waals surface area contributed by atoms with Crippen LogP contribution in [0.3, 0.4) is 0 Å². The van der Waals surface area contributed by atoms with E-state index in [2.05, 4.69) is 20.1 Å². The van der Waals surface area contributed by atoms with E-state index in [4.69, 9.17) is 15.0 Å². The first-order valence-electron chi connectivity index (χ1n) is 5.96. The molecule has 3 N–H and O–H groups in total. The second-order valence-corrected chi connectivity index (χ2v) is 4.14. The van der Waals surface area contributed by atoms with Gasteiger partial charge in [-0.3, -0.25) is 0 Å². The third kappa shape index (κ3) is 2.46. The lowest BCUT2D eigenvalue weighted by atomic mass is 10.2. The molecule has 0 fully saturated rings. The number of nitrogens with zero attached hydrogens (tertiary/aromatic N) is 4. The molecule has 0 saturated carbocycles. The summed E-state index contributed by atoms with van der Waals surface area (Å²) in [7, 11) is 1.50. The highest BCUT2D eigenvalue weighted by molar-refractivity contribution is 5.65. The Morgan fingerprint density at radius 3 is 2.86 bits per heavy atom. The normalized spacial score (nSPS) is 10.5. The molecule has 8 heteroatoms. The Morgan fingerprint density at radius 2 is 2.10 bits per heavy atom. The van der Waals surface area contributed by atoms with E-state index in [9.17, 15) is 5.11 Å². The molecule has 0 aliphatic heterocycles. The van der Waals surface area contributed by atoms with E-state index in [1.165, 1.54) is 19.5 Å². The van der Waals surface area contributed by atoms with Crippen LogP contribution in [0.1, 0.15) is 0 Å². The maximum Gasteiger partial charge on any atom is 0.258 e. The minimum atomic E-state index is -0.0454. The summed E-state index contributed by atoms with van der Waals surface area (Å²) in [6, 6.07) is 6.28. The van der Waals surface area contributed by atoms with E-state index in [0.717, 1.165) is 0 Å². The van der Waals surface area contributed by atoms with Crippen molar-refractivity contribution in [2.75, 3.05) is 12.8 Å². The molecule has 0 amide bonds. The van der Waals surface area contributed by atoms with Crippen LogP contribution in [-0.4, -0.2) is 32.3 Å². The number of phenolic OH excluding ortho intramolecular Hbond substituents is 1. The van der Waals surface area contributed by atoms with E-state index in [1.54, 1.807) is 18.2 Å². The molecule has 106 valence electrons. The molecule has 1 aromatic carbocycles. The van der Waals surface area contributed by atoms with Crippen LogP contribution >= 0.6 is 0 Å². The van der Waals surface area contributed by atoms with Gasteiger partial charge in [0.1, 0.15) is 17.8 Å². The van der Waals surface area contributed by atoms with E-state index in [-0.39, 0.29) is 17.3 Å². The van der Waals surface area contributed by atoms with E-state index < -0.39 is 0 Å². The molecule has 3 rings (SSSR count). The van der Waals surface area contributed by atoms with Crippen LogP contribution in [0, 0.1) is 0 Å². The molecule has 2 aromatic heterocycles. The van der Waals surface area contributed by atoms with Gasteiger partial charge < -0.3 is 20.1 Å². The third-order valence-corrected chi connectivity index (χ3v) is 2.78. The summed E-state index contributed by atoms with van der Waals surface area (Å²) in [6.07, 6.45) is 1.35. The molecule has 0 aliphatic rings. The third-order valence-electron chi connectivity index (χ3n) is 2.78. The minimum absolute atomic E-state index is 0.0454. The number of hydrogen-bond donors (Lipinski definition) is 2. The molecule has 0 radical (unpaired) electrons. The zero-order chi connectivity index (χ0) is 14.8. The Balaban J connectivity index is 1.97. The van der Waals surface area contributed by atoms with Crippen molar-refractivity contribution in [1.82, 2.24) is 20.1 Å². The van der Waals surface area contributed by atoms with Crippen molar-refractivity contribution in [3.63, 3.8) is 0 Å². The Hall–Kier alpha value is -3.16. The number of hydrogen-bond acceptors (Lipinski definition) is 8. The summed E-state index contributed by atoms with van der Waals surface area (Å²) in [6.45, 7) is 0. The predicted octanol–water partition coefficient (Wildman–Crippen LogP) is 1.49. The van der Waals surface area contributed by atoms with Gasteiger partial charge >= 0.3 is 0 Å². The fraction of sp³-hybridized carbons (Fsp3) is 0.0769. The van der Waals surface area contributed by atoms with Crippen LogP contribution < -0.4 is 10.5 Å². The van der Waals surface area contributed by atoms with Gasteiger partial charge in [-0.2, -0.15) is 4.98 Å². The van der Waals surface area contributed by atoms with Crippen LogP contribution in [0.25, 0.3) is 23.0 Å². The lowest BCUT2D eigenvalue weighted by Crippen LogP contribution is -1.92. The first kappa shape index (κ1) is 12.9. The molecule has 2 heterocycles. The van der Waals surface area contributed by atoms with Crippen molar-refractivity contribution in [1.29, 1.82) is 0 Å². The molecule has 3 aromatic rings. The van der Waals surface area contributed by atoms with Gasteiger partial charge in [0.05, 0.1) is 12.8 Å².